The smallest absolute Gasteiger partial charge is 0.121 e. The Hall–Kier alpha value is -1.27. The number of hydrogen-bond donors (Lipinski definition) is 1. The molecule has 0 amide bonds. The van der Waals surface area contributed by atoms with Gasteiger partial charge in [-0.25, -0.2) is 9.61 Å². The van der Waals surface area contributed by atoms with Gasteiger partial charge in [-0.05, 0) is 13.3 Å². The quantitative estimate of drug-likeness (QED) is 0.864. The molecule has 1 atom stereocenters. The fourth-order valence-electron chi connectivity index (χ4n) is 1.44. The van der Waals surface area contributed by atoms with Crippen LogP contribution in [0.15, 0.2) is 16.2 Å². The van der Waals surface area contributed by atoms with E-state index in [1.165, 1.54) is 0 Å². The predicted octanol–water partition coefficient (Wildman–Crippen LogP) is 2.08. The summed E-state index contributed by atoms with van der Waals surface area (Å²) in [7, 11) is 0. The highest BCUT2D eigenvalue weighted by Gasteiger charge is 2.13. The van der Waals surface area contributed by atoms with E-state index in [4.69, 9.17) is 0 Å². The zero-order valence-corrected chi connectivity index (χ0v) is 10.1. The molecule has 0 aliphatic carbocycles. The number of hydrogen-bond acceptors (Lipinski definition) is 6. The lowest BCUT2D eigenvalue weighted by Gasteiger charge is -2.12. The van der Waals surface area contributed by atoms with Crippen LogP contribution in [0.1, 0.15) is 35.8 Å². The van der Waals surface area contributed by atoms with Crippen molar-refractivity contribution in [1.82, 2.24) is 20.6 Å². The van der Waals surface area contributed by atoms with E-state index < -0.39 is 0 Å². The van der Waals surface area contributed by atoms with Gasteiger partial charge in [0.05, 0.1) is 6.04 Å². The van der Waals surface area contributed by atoms with Crippen LogP contribution in [-0.2, 0) is 6.54 Å². The first-order valence-corrected chi connectivity index (χ1v) is 6.10. The lowest BCUT2D eigenvalue weighted by atomic mass is 10.2. The van der Waals surface area contributed by atoms with Gasteiger partial charge in [0.1, 0.15) is 16.4 Å². The van der Waals surface area contributed by atoms with E-state index in [0.717, 1.165) is 22.8 Å². The Bertz CT molecular complexity index is 426. The lowest BCUT2D eigenvalue weighted by molar-refractivity contribution is 0.299. The van der Waals surface area contributed by atoms with Crippen molar-refractivity contribution in [2.45, 2.75) is 32.9 Å². The van der Waals surface area contributed by atoms with Gasteiger partial charge >= 0.3 is 0 Å². The van der Waals surface area contributed by atoms with Crippen LogP contribution in [0.3, 0.4) is 0 Å². The summed E-state index contributed by atoms with van der Waals surface area (Å²) in [6, 6.07) is 0.274. The molecule has 1 unspecified atom stereocenters. The Labute approximate surface area is 97.9 Å². The van der Waals surface area contributed by atoms with Crippen molar-refractivity contribution in [3.8, 4) is 0 Å². The fraction of sp³-hybridized carbons (Fsp3) is 0.500. The van der Waals surface area contributed by atoms with Crippen LogP contribution < -0.4 is 5.32 Å². The van der Waals surface area contributed by atoms with E-state index in [0.29, 0.717) is 6.54 Å². The van der Waals surface area contributed by atoms with Gasteiger partial charge in [-0.1, -0.05) is 17.2 Å². The second-order valence-electron chi connectivity index (χ2n) is 3.51. The predicted molar refractivity (Wildman–Crippen MR) is 61.0 cm³/mol. The van der Waals surface area contributed by atoms with Crippen molar-refractivity contribution in [1.29, 1.82) is 0 Å². The Morgan fingerprint density at radius 1 is 1.50 bits per heavy atom. The van der Waals surface area contributed by atoms with E-state index in [9.17, 15) is 0 Å². The topological polar surface area (TPSA) is 63.8 Å². The van der Waals surface area contributed by atoms with Crippen LogP contribution in [0.2, 0.25) is 0 Å². The molecule has 2 aromatic rings. The number of aryl methyl sites for hydroxylation is 1. The van der Waals surface area contributed by atoms with E-state index in [2.05, 4.69) is 32.2 Å². The Morgan fingerprint density at radius 3 is 2.94 bits per heavy atom. The Morgan fingerprint density at radius 2 is 2.38 bits per heavy atom. The van der Waals surface area contributed by atoms with Crippen LogP contribution >= 0.6 is 11.3 Å². The number of nitrogens with one attached hydrogen (secondary N) is 1. The zero-order chi connectivity index (χ0) is 11.4. The molecule has 2 rings (SSSR count). The van der Waals surface area contributed by atoms with Crippen molar-refractivity contribution in [3.63, 3.8) is 0 Å². The van der Waals surface area contributed by atoms with Crippen LogP contribution in [0.5, 0.6) is 0 Å². The Kier molecular flexibility index (Phi) is 3.63. The van der Waals surface area contributed by atoms with Crippen molar-refractivity contribution >= 4 is 11.3 Å². The maximum Gasteiger partial charge on any atom is 0.121 e. The third-order valence-electron chi connectivity index (χ3n) is 2.42. The summed E-state index contributed by atoms with van der Waals surface area (Å²) >= 11 is 1.66. The molecule has 5 nitrogen and oxygen atoms in total. The van der Waals surface area contributed by atoms with E-state index in [1.807, 2.05) is 18.5 Å². The molecule has 0 bridgehead atoms. The third kappa shape index (κ3) is 2.45. The first-order chi connectivity index (χ1) is 7.81. The zero-order valence-electron chi connectivity index (χ0n) is 9.30. The summed E-state index contributed by atoms with van der Waals surface area (Å²) in [5.41, 5.74) is 1.69. The maximum atomic E-state index is 4.65. The van der Waals surface area contributed by atoms with Gasteiger partial charge in [0, 0.05) is 18.1 Å². The maximum absolute atomic E-state index is 4.65. The number of thiazole rings is 1. The highest BCUT2D eigenvalue weighted by Crippen LogP contribution is 2.19. The van der Waals surface area contributed by atoms with Gasteiger partial charge in [0.2, 0.25) is 0 Å². The average Bonchev–Trinajstić information content (AvgIpc) is 2.92. The second kappa shape index (κ2) is 5.18. The first-order valence-electron chi connectivity index (χ1n) is 5.22. The van der Waals surface area contributed by atoms with E-state index in [1.54, 1.807) is 11.3 Å². The lowest BCUT2D eigenvalue weighted by Crippen LogP contribution is -2.20. The molecular weight excluding hydrogens is 224 g/mol. The summed E-state index contributed by atoms with van der Waals surface area (Å²) in [5, 5.41) is 14.1. The van der Waals surface area contributed by atoms with Crippen LogP contribution in [0.25, 0.3) is 0 Å². The van der Waals surface area contributed by atoms with Crippen LogP contribution in [-0.4, -0.2) is 15.3 Å². The molecule has 0 aliphatic heterocycles. The molecule has 1 N–H and O–H groups in total. The van der Waals surface area contributed by atoms with Gasteiger partial charge < -0.3 is 5.32 Å². The number of rotatable bonds is 5. The molecule has 0 aromatic carbocycles. The molecule has 0 saturated heterocycles. The van der Waals surface area contributed by atoms with Gasteiger partial charge in [-0.2, -0.15) is 0 Å². The van der Waals surface area contributed by atoms with Crippen LogP contribution in [0.4, 0.5) is 0 Å². The molecule has 0 fully saturated rings. The normalized spacial score (nSPS) is 12.9. The first kappa shape index (κ1) is 11.2. The molecule has 2 heterocycles. The molecule has 0 saturated carbocycles. The highest BCUT2D eigenvalue weighted by atomic mass is 32.1. The molecule has 0 radical (unpaired) electrons. The summed E-state index contributed by atoms with van der Waals surface area (Å²) in [6.45, 7) is 4.68. The van der Waals surface area contributed by atoms with E-state index >= 15 is 0 Å². The fourth-order valence-corrected chi connectivity index (χ4v) is 2.24. The van der Waals surface area contributed by atoms with Crippen LogP contribution in [0, 0.1) is 6.92 Å². The van der Waals surface area contributed by atoms with Crippen molar-refractivity contribution in [2.75, 3.05) is 0 Å². The van der Waals surface area contributed by atoms with E-state index in [-0.39, 0.29) is 6.04 Å². The minimum Gasteiger partial charge on any atom is -0.302 e. The average molecular weight is 238 g/mol. The highest BCUT2D eigenvalue weighted by molar-refractivity contribution is 7.09. The van der Waals surface area contributed by atoms with Crippen molar-refractivity contribution in [2.24, 2.45) is 0 Å². The van der Waals surface area contributed by atoms with Gasteiger partial charge in [-0.15, -0.1) is 11.3 Å². The number of nitrogens with zero attached hydrogens (tertiary/aromatic N) is 3. The molecule has 86 valence electrons. The monoisotopic (exact) mass is 238 g/mol. The summed E-state index contributed by atoms with van der Waals surface area (Å²) in [5.74, 6) is 0. The summed E-state index contributed by atoms with van der Waals surface area (Å²) in [6.07, 6.45) is 2.82. The van der Waals surface area contributed by atoms with Gasteiger partial charge in [0.15, 0.2) is 0 Å². The molecule has 0 aliphatic rings. The number of aromatic nitrogens is 3. The minimum atomic E-state index is 0.274. The molecule has 0 spiro atoms. The third-order valence-corrected chi connectivity index (χ3v) is 3.31. The van der Waals surface area contributed by atoms with Gasteiger partial charge in [-0.3, -0.25) is 0 Å². The summed E-state index contributed by atoms with van der Waals surface area (Å²) < 4.78 is 4.65. The molecule has 2 aromatic heterocycles. The molecule has 16 heavy (non-hydrogen) atoms. The van der Waals surface area contributed by atoms with Gasteiger partial charge in [0.25, 0.3) is 0 Å². The largest absolute Gasteiger partial charge is 0.302 e. The second-order valence-corrected chi connectivity index (χ2v) is 4.43. The minimum absolute atomic E-state index is 0.274. The SMILES string of the molecule is CCC(NCc1nonc1C)c1nccs1. The molecular formula is C10H14N4OS. The summed E-state index contributed by atoms with van der Waals surface area (Å²) in [4.78, 5) is 4.31. The standard InChI is InChI=1S/C10H14N4OS/c1-3-8(10-11-4-5-16-10)12-6-9-7(2)13-15-14-9/h4-5,8,12H,3,6H2,1-2H3. The molecule has 6 heteroatoms. The van der Waals surface area contributed by atoms with Crippen molar-refractivity contribution < 1.29 is 4.63 Å². The van der Waals surface area contributed by atoms with Crippen molar-refractivity contribution in [3.05, 3.63) is 28.0 Å². The Balaban J connectivity index is 1.96.